The molecule has 0 aliphatic carbocycles. The zero-order valence-electron chi connectivity index (χ0n) is 17.0. The highest BCUT2D eigenvalue weighted by Crippen LogP contribution is 2.22. The van der Waals surface area contributed by atoms with Gasteiger partial charge in [-0.15, -0.1) is 0 Å². The molecule has 0 saturated heterocycles. The number of carbonyl (C=O) groups is 1. The van der Waals surface area contributed by atoms with Crippen LogP contribution >= 0.6 is 0 Å². The van der Waals surface area contributed by atoms with Crippen molar-refractivity contribution in [3.05, 3.63) is 59.7 Å². The van der Waals surface area contributed by atoms with Gasteiger partial charge in [0.25, 0.3) is 5.91 Å². The molecule has 152 valence electrons. The SMILES string of the molecule is CC[C@@H](NC(=O)[C@H](C)Oc1ccc(N(C)S(C)(=O)=O)cc1)c1ccc(C)cc1. The lowest BCUT2D eigenvalue weighted by Gasteiger charge is -2.21. The van der Waals surface area contributed by atoms with Crippen LogP contribution in [-0.2, 0) is 14.8 Å². The number of hydrogen-bond acceptors (Lipinski definition) is 4. The molecule has 0 bridgehead atoms. The summed E-state index contributed by atoms with van der Waals surface area (Å²) in [5, 5.41) is 3.02. The fourth-order valence-electron chi connectivity index (χ4n) is 2.69. The molecule has 0 fully saturated rings. The monoisotopic (exact) mass is 404 g/mol. The molecule has 0 heterocycles. The third-order valence-electron chi connectivity index (χ3n) is 4.58. The maximum Gasteiger partial charge on any atom is 0.261 e. The second kappa shape index (κ2) is 9.10. The molecule has 1 amide bonds. The first-order valence-corrected chi connectivity index (χ1v) is 11.0. The van der Waals surface area contributed by atoms with Crippen molar-refractivity contribution in [2.24, 2.45) is 0 Å². The number of amides is 1. The summed E-state index contributed by atoms with van der Waals surface area (Å²) in [6.45, 7) is 5.74. The minimum atomic E-state index is -3.32. The van der Waals surface area contributed by atoms with Crippen molar-refractivity contribution in [2.75, 3.05) is 17.6 Å². The van der Waals surface area contributed by atoms with Gasteiger partial charge in [0.05, 0.1) is 18.0 Å². The summed E-state index contributed by atoms with van der Waals surface area (Å²) in [5.74, 6) is 0.293. The fraction of sp³-hybridized carbons (Fsp3) is 0.381. The second-order valence-electron chi connectivity index (χ2n) is 6.86. The van der Waals surface area contributed by atoms with Crippen molar-refractivity contribution in [3.63, 3.8) is 0 Å². The Balaban J connectivity index is 2.00. The number of benzene rings is 2. The Hall–Kier alpha value is -2.54. The summed E-state index contributed by atoms with van der Waals surface area (Å²) in [7, 11) is -1.84. The minimum Gasteiger partial charge on any atom is -0.481 e. The van der Waals surface area contributed by atoms with Gasteiger partial charge in [-0.2, -0.15) is 0 Å². The van der Waals surface area contributed by atoms with Crippen LogP contribution in [0.5, 0.6) is 5.75 Å². The van der Waals surface area contributed by atoms with Crippen molar-refractivity contribution in [3.8, 4) is 5.75 Å². The smallest absolute Gasteiger partial charge is 0.261 e. The lowest BCUT2D eigenvalue weighted by Crippen LogP contribution is -2.38. The zero-order chi connectivity index (χ0) is 20.9. The van der Waals surface area contributed by atoms with Crippen LogP contribution in [0, 0.1) is 6.92 Å². The molecular weight excluding hydrogens is 376 g/mol. The standard InChI is InChI=1S/C21H28N2O4S/c1-6-20(17-9-7-15(2)8-10-17)22-21(24)16(3)27-19-13-11-18(12-14-19)23(4)28(5,25)26/h7-14,16,20H,6H2,1-5H3,(H,22,24)/t16-,20+/m0/s1. The molecule has 7 heteroatoms. The molecule has 0 aromatic heterocycles. The van der Waals surface area contributed by atoms with Crippen LogP contribution < -0.4 is 14.4 Å². The van der Waals surface area contributed by atoms with Crippen molar-refractivity contribution in [1.82, 2.24) is 5.32 Å². The van der Waals surface area contributed by atoms with E-state index in [2.05, 4.69) is 5.32 Å². The molecule has 2 rings (SSSR count). The summed E-state index contributed by atoms with van der Waals surface area (Å²) in [6, 6.07) is 14.6. The van der Waals surface area contributed by atoms with Gasteiger partial charge in [-0.25, -0.2) is 8.42 Å². The number of hydrogen-bond donors (Lipinski definition) is 1. The lowest BCUT2D eigenvalue weighted by atomic mass is 10.0. The number of ether oxygens (including phenoxy) is 1. The Morgan fingerprint density at radius 2 is 1.68 bits per heavy atom. The number of sulfonamides is 1. The van der Waals surface area contributed by atoms with Crippen molar-refractivity contribution < 1.29 is 17.9 Å². The molecule has 2 atom stereocenters. The van der Waals surface area contributed by atoms with Gasteiger partial charge in [-0.3, -0.25) is 9.10 Å². The van der Waals surface area contributed by atoms with Gasteiger partial charge in [0, 0.05) is 7.05 Å². The van der Waals surface area contributed by atoms with Crippen molar-refractivity contribution in [1.29, 1.82) is 0 Å². The maximum atomic E-state index is 12.5. The van der Waals surface area contributed by atoms with Crippen LogP contribution in [0.1, 0.15) is 37.4 Å². The normalized spacial score (nSPS) is 13.5. The Morgan fingerprint density at radius 1 is 1.11 bits per heavy atom. The number of rotatable bonds is 8. The molecular formula is C21H28N2O4S. The molecule has 0 saturated carbocycles. The first kappa shape index (κ1) is 21.8. The third kappa shape index (κ3) is 5.73. The third-order valence-corrected chi connectivity index (χ3v) is 5.79. The van der Waals surface area contributed by atoms with Crippen molar-refractivity contribution in [2.45, 2.75) is 39.3 Å². The van der Waals surface area contributed by atoms with Gasteiger partial charge in [0.2, 0.25) is 10.0 Å². The van der Waals surface area contributed by atoms with Gasteiger partial charge in [0.1, 0.15) is 5.75 Å². The number of anilines is 1. The van der Waals surface area contributed by atoms with Gasteiger partial charge < -0.3 is 10.1 Å². The molecule has 0 spiro atoms. The topological polar surface area (TPSA) is 75.7 Å². The highest BCUT2D eigenvalue weighted by atomic mass is 32.2. The van der Waals surface area contributed by atoms with E-state index in [1.54, 1.807) is 31.2 Å². The molecule has 1 N–H and O–H groups in total. The van der Waals surface area contributed by atoms with Crippen LogP contribution in [0.4, 0.5) is 5.69 Å². The van der Waals surface area contributed by atoms with Gasteiger partial charge >= 0.3 is 0 Å². The van der Waals surface area contributed by atoms with Crippen LogP contribution in [0.15, 0.2) is 48.5 Å². The average molecular weight is 405 g/mol. The number of carbonyl (C=O) groups excluding carboxylic acids is 1. The van der Waals surface area contributed by atoms with E-state index in [1.807, 2.05) is 38.1 Å². The Labute approximate surface area is 167 Å². The predicted octanol–water partition coefficient (Wildman–Crippen LogP) is 3.43. The van der Waals surface area contributed by atoms with Crippen LogP contribution in [0.25, 0.3) is 0 Å². The molecule has 0 aliphatic heterocycles. The maximum absolute atomic E-state index is 12.5. The summed E-state index contributed by atoms with van der Waals surface area (Å²) < 4.78 is 30.1. The summed E-state index contributed by atoms with van der Waals surface area (Å²) in [5.41, 5.74) is 2.76. The largest absolute Gasteiger partial charge is 0.481 e. The number of aryl methyl sites for hydroxylation is 1. The average Bonchev–Trinajstić information content (AvgIpc) is 2.66. The predicted molar refractivity (Wildman–Crippen MR) is 112 cm³/mol. The van der Waals surface area contributed by atoms with Crippen LogP contribution in [0.2, 0.25) is 0 Å². The molecule has 2 aromatic carbocycles. The Kier molecular flexibility index (Phi) is 7.07. The van der Waals surface area contributed by atoms with Crippen LogP contribution in [-0.4, -0.2) is 33.7 Å². The van der Waals surface area contributed by atoms with Crippen LogP contribution in [0.3, 0.4) is 0 Å². The van der Waals surface area contributed by atoms with E-state index in [-0.39, 0.29) is 11.9 Å². The molecule has 2 aromatic rings. The highest BCUT2D eigenvalue weighted by molar-refractivity contribution is 7.92. The fourth-order valence-corrected chi connectivity index (χ4v) is 3.20. The van der Waals surface area contributed by atoms with E-state index in [9.17, 15) is 13.2 Å². The van der Waals surface area contributed by atoms with Gasteiger partial charge in [-0.1, -0.05) is 36.8 Å². The highest BCUT2D eigenvalue weighted by Gasteiger charge is 2.19. The quantitative estimate of drug-likeness (QED) is 0.731. The summed E-state index contributed by atoms with van der Waals surface area (Å²) in [6.07, 6.45) is 1.23. The van der Waals surface area contributed by atoms with Gasteiger partial charge in [0.15, 0.2) is 6.10 Å². The second-order valence-corrected chi connectivity index (χ2v) is 8.88. The van der Waals surface area contributed by atoms with E-state index in [0.29, 0.717) is 11.4 Å². The lowest BCUT2D eigenvalue weighted by molar-refractivity contribution is -0.128. The summed E-state index contributed by atoms with van der Waals surface area (Å²) in [4.78, 5) is 12.5. The zero-order valence-corrected chi connectivity index (χ0v) is 17.8. The van der Waals surface area contributed by atoms with E-state index in [0.717, 1.165) is 18.2 Å². The molecule has 28 heavy (non-hydrogen) atoms. The summed E-state index contributed by atoms with van der Waals surface area (Å²) >= 11 is 0. The minimum absolute atomic E-state index is 0.0788. The molecule has 0 aliphatic rings. The van der Waals surface area contributed by atoms with E-state index in [1.165, 1.54) is 16.9 Å². The molecule has 0 unspecified atom stereocenters. The molecule has 6 nitrogen and oxygen atoms in total. The number of nitrogens with zero attached hydrogens (tertiary/aromatic N) is 1. The van der Waals surface area contributed by atoms with Crippen molar-refractivity contribution >= 4 is 21.6 Å². The van der Waals surface area contributed by atoms with Gasteiger partial charge in [-0.05, 0) is 50.1 Å². The molecule has 0 radical (unpaired) electrons. The van der Waals surface area contributed by atoms with E-state index < -0.39 is 16.1 Å². The first-order chi connectivity index (χ1) is 13.1. The number of nitrogens with one attached hydrogen (secondary N) is 1. The first-order valence-electron chi connectivity index (χ1n) is 9.19. The Bertz CT molecular complexity index is 893. The van der Waals surface area contributed by atoms with E-state index in [4.69, 9.17) is 4.74 Å². The van der Waals surface area contributed by atoms with E-state index >= 15 is 0 Å². The Morgan fingerprint density at radius 3 is 2.18 bits per heavy atom.